The summed E-state index contributed by atoms with van der Waals surface area (Å²) in [6.07, 6.45) is 0. The third-order valence-corrected chi connectivity index (χ3v) is 2.11. The fourth-order valence-corrected chi connectivity index (χ4v) is 1.19. The Morgan fingerprint density at radius 1 is 1.12 bits per heavy atom. The van der Waals surface area contributed by atoms with E-state index in [-0.39, 0.29) is 0 Å². The topological polar surface area (TPSA) is 151 Å². The minimum Gasteiger partial charge on any atom is -0.504 e. The van der Waals surface area contributed by atoms with Crippen LogP contribution in [0.1, 0.15) is 10.4 Å². The smallest absolute Gasteiger partial charge is 0.479 e. The van der Waals surface area contributed by atoms with Gasteiger partial charge in [0.25, 0.3) is 0 Å². The van der Waals surface area contributed by atoms with Crippen molar-refractivity contribution in [2.24, 2.45) is 0 Å². The molecule has 0 fully saturated rings. The molecule has 0 atom stereocenters. The van der Waals surface area contributed by atoms with Crippen LogP contribution in [0.4, 0.5) is 0 Å². The second-order valence-electron chi connectivity index (χ2n) is 2.72. The molecular weight excluding hydrogens is 260 g/mol. The molecule has 0 saturated heterocycles. The van der Waals surface area contributed by atoms with Crippen LogP contribution in [0, 0.1) is 0 Å². The summed E-state index contributed by atoms with van der Waals surface area (Å²) < 4.78 is 27.6. The number of aromatic hydroxyl groups is 3. The molecule has 9 nitrogen and oxygen atoms in total. The van der Waals surface area contributed by atoms with E-state index in [1.807, 2.05) is 0 Å². The molecule has 17 heavy (non-hydrogen) atoms. The zero-order valence-electron chi connectivity index (χ0n) is 7.89. The zero-order chi connectivity index (χ0) is 13.2. The lowest BCUT2D eigenvalue weighted by Gasteiger charge is -2.04. The molecule has 0 amide bonds. The van der Waals surface area contributed by atoms with E-state index in [9.17, 15) is 13.2 Å². The quantitative estimate of drug-likeness (QED) is 0.328. The Kier molecular flexibility index (Phi) is 3.41. The highest BCUT2D eigenvalue weighted by Crippen LogP contribution is 2.35. The molecule has 0 radical (unpaired) electrons. The van der Waals surface area contributed by atoms with Crippen LogP contribution in [0.5, 0.6) is 17.2 Å². The first-order chi connectivity index (χ1) is 7.76. The molecule has 0 bridgehead atoms. The van der Waals surface area contributed by atoms with Crippen molar-refractivity contribution < 1.29 is 42.3 Å². The van der Waals surface area contributed by atoms with E-state index in [0.29, 0.717) is 12.1 Å². The van der Waals surface area contributed by atoms with Crippen molar-refractivity contribution in [1.29, 1.82) is 0 Å². The third-order valence-electron chi connectivity index (χ3n) is 1.57. The summed E-state index contributed by atoms with van der Waals surface area (Å²) in [4.78, 5) is 11.1. The van der Waals surface area contributed by atoms with Crippen LogP contribution in [0.25, 0.3) is 0 Å². The summed E-state index contributed by atoms with van der Waals surface area (Å²) in [6.45, 7) is 0. The second-order valence-corrected chi connectivity index (χ2v) is 3.85. The molecule has 1 aromatic carbocycles. The predicted octanol–water partition coefficient (Wildman–Crippen LogP) is -0.305. The van der Waals surface area contributed by atoms with E-state index in [2.05, 4.69) is 8.52 Å². The van der Waals surface area contributed by atoms with E-state index in [1.54, 1.807) is 0 Å². The first-order valence-corrected chi connectivity index (χ1v) is 5.17. The highest BCUT2D eigenvalue weighted by Gasteiger charge is 2.22. The van der Waals surface area contributed by atoms with Crippen LogP contribution in [0.2, 0.25) is 0 Å². The van der Waals surface area contributed by atoms with Crippen molar-refractivity contribution in [3.05, 3.63) is 17.7 Å². The Morgan fingerprint density at radius 2 is 1.59 bits per heavy atom. The SMILES string of the molecule is O=C(OS(=O)(=O)OO)c1cc(O)c(O)c(O)c1. The maximum absolute atomic E-state index is 11.1. The van der Waals surface area contributed by atoms with Crippen LogP contribution in [0.3, 0.4) is 0 Å². The lowest BCUT2D eigenvalue weighted by Crippen LogP contribution is -2.14. The first-order valence-electron chi connectivity index (χ1n) is 3.83. The number of carbonyl (C=O) groups excluding carboxylic acids is 1. The van der Waals surface area contributed by atoms with Gasteiger partial charge in [-0.2, -0.15) is 8.42 Å². The number of rotatable bonds is 3. The second kappa shape index (κ2) is 4.45. The monoisotopic (exact) mass is 266 g/mol. The Hall–Kier alpha value is -2.04. The van der Waals surface area contributed by atoms with Crippen LogP contribution in [0.15, 0.2) is 12.1 Å². The Balaban J connectivity index is 3.07. The van der Waals surface area contributed by atoms with E-state index >= 15 is 0 Å². The fourth-order valence-electron chi connectivity index (χ4n) is 0.878. The standard InChI is InChI=1S/C7H6O9S/c8-4-1-3(2-5(9)6(4)10)7(11)15-17(13,14)16-12/h1-2,8-10,12H. The van der Waals surface area contributed by atoms with Crippen molar-refractivity contribution in [2.45, 2.75) is 0 Å². The van der Waals surface area contributed by atoms with Crippen molar-refractivity contribution in [1.82, 2.24) is 0 Å². The van der Waals surface area contributed by atoms with Crippen molar-refractivity contribution in [3.63, 3.8) is 0 Å². The van der Waals surface area contributed by atoms with E-state index in [4.69, 9.17) is 20.6 Å². The van der Waals surface area contributed by atoms with Crippen LogP contribution in [-0.2, 0) is 18.9 Å². The molecule has 0 aliphatic heterocycles. The number of benzene rings is 1. The zero-order valence-corrected chi connectivity index (χ0v) is 8.71. The first kappa shape index (κ1) is 13.0. The minimum atomic E-state index is -4.92. The van der Waals surface area contributed by atoms with Gasteiger partial charge in [0.2, 0.25) is 0 Å². The number of phenols is 3. The van der Waals surface area contributed by atoms with Gasteiger partial charge < -0.3 is 19.5 Å². The maximum atomic E-state index is 11.1. The van der Waals surface area contributed by atoms with E-state index in [0.717, 1.165) is 0 Å². The van der Waals surface area contributed by atoms with Crippen molar-refractivity contribution in [2.75, 3.05) is 0 Å². The molecule has 0 aliphatic rings. The molecule has 1 rings (SSSR count). The van der Waals surface area contributed by atoms with Crippen LogP contribution in [-0.4, -0.2) is 35.0 Å². The summed E-state index contributed by atoms with van der Waals surface area (Å²) in [5, 5.41) is 34.9. The molecule has 0 heterocycles. The van der Waals surface area contributed by atoms with Gasteiger partial charge in [-0.25, -0.2) is 10.1 Å². The Bertz CT molecular complexity index is 523. The molecule has 0 saturated carbocycles. The van der Waals surface area contributed by atoms with Crippen LogP contribution >= 0.6 is 0 Å². The Morgan fingerprint density at radius 3 is 2.00 bits per heavy atom. The van der Waals surface area contributed by atoms with Crippen molar-refractivity contribution in [3.8, 4) is 17.2 Å². The van der Waals surface area contributed by atoms with Gasteiger partial charge in [-0.05, 0) is 12.1 Å². The largest absolute Gasteiger partial charge is 0.504 e. The van der Waals surface area contributed by atoms with Gasteiger partial charge in [-0.3, -0.25) is 0 Å². The number of hydrogen-bond acceptors (Lipinski definition) is 9. The highest BCUT2D eigenvalue weighted by molar-refractivity contribution is 7.82. The van der Waals surface area contributed by atoms with E-state index < -0.39 is 39.2 Å². The van der Waals surface area contributed by atoms with Gasteiger partial charge >= 0.3 is 16.4 Å². The lowest BCUT2D eigenvalue weighted by molar-refractivity contribution is -0.140. The van der Waals surface area contributed by atoms with Gasteiger partial charge in [-0.1, -0.05) is 4.33 Å². The molecule has 94 valence electrons. The number of phenolic OH excluding ortho intramolecular Hbond substituents is 3. The predicted molar refractivity (Wildman–Crippen MR) is 49.5 cm³/mol. The third kappa shape index (κ3) is 2.96. The lowest BCUT2D eigenvalue weighted by atomic mass is 10.2. The summed E-state index contributed by atoms with van der Waals surface area (Å²) in [5.41, 5.74) is -0.585. The molecule has 0 aliphatic carbocycles. The van der Waals surface area contributed by atoms with Gasteiger partial charge in [0.15, 0.2) is 17.2 Å². The van der Waals surface area contributed by atoms with Gasteiger partial charge in [0.1, 0.15) is 0 Å². The fraction of sp³-hybridized carbons (Fsp3) is 0. The van der Waals surface area contributed by atoms with Gasteiger partial charge in [0.05, 0.1) is 5.56 Å². The molecule has 4 N–H and O–H groups in total. The highest BCUT2D eigenvalue weighted by atomic mass is 32.3. The average molecular weight is 266 g/mol. The van der Waals surface area contributed by atoms with Gasteiger partial charge in [0, 0.05) is 0 Å². The summed E-state index contributed by atoms with van der Waals surface area (Å²) in [6, 6.07) is 1.29. The summed E-state index contributed by atoms with van der Waals surface area (Å²) >= 11 is 0. The van der Waals surface area contributed by atoms with Gasteiger partial charge in [-0.15, -0.1) is 0 Å². The molecular formula is C7H6O9S. The summed E-state index contributed by atoms with van der Waals surface area (Å²) in [5.74, 6) is -4.15. The maximum Gasteiger partial charge on any atom is 0.479 e. The molecule has 10 heteroatoms. The van der Waals surface area contributed by atoms with E-state index in [1.165, 1.54) is 0 Å². The molecule has 0 spiro atoms. The van der Waals surface area contributed by atoms with Crippen LogP contribution < -0.4 is 0 Å². The molecule has 0 aromatic heterocycles. The average Bonchev–Trinajstić information content (AvgIpc) is 2.24. The Labute approximate surface area is 94.3 Å². The number of hydrogen-bond donors (Lipinski definition) is 4. The molecule has 1 aromatic rings. The van der Waals surface area contributed by atoms with Crippen molar-refractivity contribution >= 4 is 16.4 Å². The minimum absolute atomic E-state index is 0.585. The summed E-state index contributed by atoms with van der Waals surface area (Å²) in [7, 11) is -4.92. The number of carbonyl (C=O) groups is 1. The normalized spacial score (nSPS) is 11.1. The molecule has 0 unspecified atom stereocenters.